The molecule has 2 fully saturated rings. The first-order valence-electron chi connectivity index (χ1n) is 9.44. The summed E-state index contributed by atoms with van der Waals surface area (Å²) >= 11 is 0. The van der Waals surface area contributed by atoms with E-state index in [4.69, 9.17) is 9.47 Å². The van der Waals surface area contributed by atoms with Gasteiger partial charge in [-0.05, 0) is 38.2 Å². The zero-order valence-corrected chi connectivity index (χ0v) is 15.2. The Morgan fingerprint density at radius 3 is 2.81 bits per heavy atom. The van der Waals surface area contributed by atoms with Gasteiger partial charge in [0, 0.05) is 0 Å². The molecule has 1 aromatic heterocycles. The summed E-state index contributed by atoms with van der Waals surface area (Å²) in [6.45, 7) is 2.74. The van der Waals surface area contributed by atoms with E-state index < -0.39 is 5.97 Å². The first-order valence-corrected chi connectivity index (χ1v) is 9.44. The van der Waals surface area contributed by atoms with Crippen LogP contribution in [0.3, 0.4) is 0 Å². The lowest BCUT2D eigenvalue weighted by Crippen LogP contribution is -2.27. The molecule has 26 heavy (non-hydrogen) atoms. The number of esters is 1. The van der Waals surface area contributed by atoms with Crippen molar-refractivity contribution in [2.45, 2.75) is 70.3 Å². The van der Waals surface area contributed by atoms with Gasteiger partial charge in [0.2, 0.25) is 0 Å². The van der Waals surface area contributed by atoms with Gasteiger partial charge in [-0.15, -0.1) is 5.10 Å². The van der Waals surface area contributed by atoms with Crippen molar-refractivity contribution in [3.05, 3.63) is 47.3 Å². The number of aromatic nitrogens is 3. The molecule has 2 aromatic rings. The molecule has 1 unspecified atom stereocenters. The Hall–Kier alpha value is -2.21. The van der Waals surface area contributed by atoms with Crippen LogP contribution >= 0.6 is 0 Å². The van der Waals surface area contributed by atoms with Crippen molar-refractivity contribution >= 4 is 5.97 Å². The minimum atomic E-state index is -0.433. The van der Waals surface area contributed by atoms with Gasteiger partial charge in [-0.2, -0.15) is 0 Å². The first kappa shape index (κ1) is 17.2. The molecule has 138 valence electrons. The number of rotatable bonds is 5. The molecule has 1 aliphatic carbocycles. The molecule has 1 saturated carbocycles. The van der Waals surface area contributed by atoms with Crippen molar-refractivity contribution in [3.63, 3.8) is 0 Å². The highest BCUT2D eigenvalue weighted by Crippen LogP contribution is 2.43. The Balaban J connectivity index is 1.36. The van der Waals surface area contributed by atoms with Gasteiger partial charge >= 0.3 is 5.97 Å². The predicted molar refractivity (Wildman–Crippen MR) is 95.6 cm³/mol. The van der Waals surface area contributed by atoms with Crippen LogP contribution in [0.1, 0.15) is 60.3 Å². The largest absolute Gasteiger partial charge is 0.456 e. The quantitative estimate of drug-likeness (QED) is 0.769. The number of hydrogen-bond donors (Lipinski definition) is 0. The van der Waals surface area contributed by atoms with Crippen LogP contribution in [-0.4, -0.2) is 32.7 Å². The molecule has 4 rings (SSSR count). The molecule has 0 amide bonds. The number of carbonyl (C=O) groups is 1. The van der Waals surface area contributed by atoms with Crippen molar-refractivity contribution in [1.82, 2.24) is 15.0 Å². The highest BCUT2D eigenvalue weighted by atomic mass is 16.5. The zero-order valence-electron chi connectivity index (χ0n) is 15.2. The van der Waals surface area contributed by atoms with Crippen LogP contribution in [0.2, 0.25) is 0 Å². The molecule has 1 aliphatic heterocycles. The topological polar surface area (TPSA) is 66.2 Å². The van der Waals surface area contributed by atoms with Crippen molar-refractivity contribution in [1.29, 1.82) is 0 Å². The van der Waals surface area contributed by atoms with E-state index in [0.717, 1.165) is 24.1 Å². The van der Waals surface area contributed by atoms with Crippen molar-refractivity contribution in [2.75, 3.05) is 0 Å². The lowest BCUT2D eigenvalue weighted by atomic mass is 9.98. The van der Waals surface area contributed by atoms with Crippen LogP contribution in [0.4, 0.5) is 0 Å². The molecule has 1 spiro atoms. The van der Waals surface area contributed by atoms with E-state index in [1.807, 2.05) is 37.3 Å². The number of hydrogen-bond acceptors (Lipinski definition) is 5. The molecular weight excluding hydrogens is 330 g/mol. The van der Waals surface area contributed by atoms with Crippen LogP contribution in [-0.2, 0) is 22.6 Å². The minimum Gasteiger partial charge on any atom is -0.456 e. The molecule has 6 nitrogen and oxygen atoms in total. The fraction of sp³-hybridized carbons (Fsp3) is 0.550. The normalized spacial score (nSPS) is 21.3. The third-order valence-corrected chi connectivity index (χ3v) is 5.62. The second-order valence-corrected chi connectivity index (χ2v) is 7.44. The van der Waals surface area contributed by atoms with Crippen LogP contribution < -0.4 is 0 Å². The third-order valence-electron chi connectivity index (χ3n) is 5.62. The third kappa shape index (κ3) is 3.51. The Morgan fingerprint density at radius 2 is 2.04 bits per heavy atom. The molecule has 0 N–H and O–H groups in total. The summed E-state index contributed by atoms with van der Waals surface area (Å²) in [5.41, 5.74) is 2.08. The van der Waals surface area contributed by atoms with Crippen LogP contribution in [0, 0.1) is 6.92 Å². The van der Waals surface area contributed by atoms with E-state index in [9.17, 15) is 4.79 Å². The maximum absolute atomic E-state index is 12.3. The molecule has 0 bridgehead atoms. The molecule has 1 saturated heterocycles. The van der Waals surface area contributed by atoms with Gasteiger partial charge in [-0.1, -0.05) is 48.4 Å². The number of nitrogens with zero attached hydrogens (tertiary/aromatic N) is 3. The standard InChI is InChI=1S/C20H25N3O3/c1-15-18(19(24)25-14-16-7-3-2-4-8-16)21-22-23(15)13-17-9-12-20(26-17)10-5-6-11-20/h2-4,7-8,17H,5-6,9-14H2,1H3. The Labute approximate surface area is 153 Å². The molecule has 1 atom stereocenters. The predicted octanol–water partition coefficient (Wildman–Crippen LogP) is 3.44. The number of benzene rings is 1. The van der Waals surface area contributed by atoms with Crippen LogP contribution in [0.15, 0.2) is 30.3 Å². The highest BCUT2D eigenvalue weighted by Gasteiger charge is 2.42. The van der Waals surface area contributed by atoms with Crippen LogP contribution in [0.5, 0.6) is 0 Å². The molecular formula is C20H25N3O3. The minimum absolute atomic E-state index is 0.108. The Bertz CT molecular complexity index is 766. The summed E-state index contributed by atoms with van der Waals surface area (Å²) in [6.07, 6.45) is 7.23. The molecule has 0 radical (unpaired) electrons. The zero-order chi connectivity index (χ0) is 18.0. The molecule has 2 heterocycles. The summed E-state index contributed by atoms with van der Waals surface area (Å²) in [4.78, 5) is 12.3. The van der Waals surface area contributed by atoms with Gasteiger partial charge in [0.1, 0.15) is 6.61 Å². The first-order chi connectivity index (χ1) is 12.7. The van der Waals surface area contributed by atoms with E-state index in [2.05, 4.69) is 10.3 Å². The summed E-state index contributed by atoms with van der Waals surface area (Å²) in [5.74, 6) is -0.433. The average molecular weight is 355 g/mol. The van der Waals surface area contributed by atoms with Crippen molar-refractivity contribution in [2.24, 2.45) is 0 Å². The van der Waals surface area contributed by atoms with Gasteiger partial charge < -0.3 is 9.47 Å². The molecule has 1 aromatic carbocycles. The van der Waals surface area contributed by atoms with Gasteiger partial charge in [0.15, 0.2) is 5.69 Å². The van der Waals surface area contributed by atoms with Gasteiger partial charge in [0.25, 0.3) is 0 Å². The fourth-order valence-corrected chi connectivity index (χ4v) is 4.12. The van der Waals surface area contributed by atoms with E-state index >= 15 is 0 Å². The molecule has 2 aliphatic rings. The second kappa shape index (κ2) is 7.19. The Kier molecular flexibility index (Phi) is 4.76. The fourth-order valence-electron chi connectivity index (χ4n) is 4.12. The average Bonchev–Trinajstić information content (AvgIpc) is 3.37. The summed E-state index contributed by atoms with van der Waals surface area (Å²) < 4.78 is 13.5. The summed E-state index contributed by atoms with van der Waals surface area (Å²) in [7, 11) is 0. The monoisotopic (exact) mass is 355 g/mol. The summed E-state index contributed by atoms with van der Waals surface area (Å²) in [5, 5.41) is 8.20. The van der Waals surface area contributed by atoms with Gasteiger partial charge in [-0.3, -0.25) is 0 Å². The number of carbonyl (C=O) groups excluding carboxylic acids is 1. The number of ether oxygens (including phenoxy) is 2. The van der Waals surface area contributed by atoms with E-state index in [0.29, 0.717) is 6.54 Å². The molecule has 6 heteroatoms. The van der Waals surface area contributed by atoms with E-state index in [1.54, 1.807) is 4.68 Å². The summed E-state index contributed by atoms with van der Waals surface area (Å²) in [6, 6.07) is 9.62. The van der Waals surface area contributed by atoms with Crippen molar-refractivity contribution in [3.8, 4) is 0 Å². The van der Waals surface area contributed by atoms with Crippen LogP contribution in [0.25, 0.3) is 0 Å². The smallest absolute Gasteiger partial charge is 0.361 e. The van der Waals surface area contributed by atoms with Gasteiger partial charge in [-0.25, -0.2) is 9.48 Å². The van der Waals surface area contributed by atoms with Gasteiger partial charge in [0.05, 0.1) is 23.9 Å². The second-order valence-electron chi connectivity index (χ2n) is 7.44. The SMILES string of the molecule is Cc1c(C(=O)OCc2ccccc2)nnn1CC1CCC2(CCCC2)O1. The van der Waals surface area contributed by atoms with E-state index in [1.165, 1.54) is 25.7 Å². The maximum atomic E-state index is 12.3. The maximum Gasteiger partial charge on any atom is 0.361 e. The van der Waals surface area contributed by atoms with Crippen molar-refractivity contribution < 1.29 is 14.3 Å². The Morgan fingerprint density at radius 1 is 1.27 bits per heavy atom. The van der Waals surface area contributed by atoms with E-state index in [-0.39, 0.29) is 24.0 Å². The lowest BCUT2D eigenvalue weighted by Gasteiger charge is -2.23. The lowest BCUT2D eigenvalue weighted by molar-refractivity contribution is -0.0432. The highest BCUT2D eigenvalue weighted by molar-refractivity contribution is 5.88.